The Morgan fingerprint density at radius 3 is 2.54 bits per heavy atom. The maximum absolute atomic E-state index is 11.3. The number of ether oxygens (including phenoxy) is 2. The number of carbonyl (C=O) groups is 1. The van der Waals surface area contributed by atoms with Gasteiger partial charge in [-0.15, -0.1) is 0 Å². The van der Waals surface area contributed by atoms with Crippen LogP contribution in [0.25, 0.3) is 11.0 Å². The summed E-state index contributed by atoms with van der Waals surface area (Å²) >= 11 is 0. The summed E-state index contributed by atoms with van der Waals surface area (Å²) in [6.07, 6.45) is 1.77. The van der Waals surface area contributed by atoms with Gasteiger partial charge >= 0.3 is 5.97 Å². The number of nitrogens with zero attached hydrogens (tertiary/aromatic N) is 2. The van der Waals surface area contributed by atoms with Crippen molar-refractivity contribution >= 4 is 17.0 Å². The number of rotatable bonds is 8. The van der Waals surface area contributed by atoms with Crippen LogP contribution in [0.2, 0.25) is 0 Å². The van der Waals surface area contributed by atoms with E-state index < -0.39 is 5.97 Å². The fraction of sp³-hybridized carbons (Fsp3) is 0.364. The lowest BCUT2D eigenvalue weighted by molar-refractivity contribution is 0.0697. The Morgan fingerprint density at radius 1 is 1.14 bits per heavy atom. The van der Waals surface area contributed by atoms with Gasteiger partial charge in [-0.2, -0.15) is 0 Å². The first-order chi connectivity index (χ1) is 13.5. The minimum atomic E-state index is -0.938. The molecule has 148 valence electrons. The normalized spacial score (nSPS) is 12.1. The van der Waals surface area contributed by atoms with Crippen LogP contribution in [0.3, 0.4) is 0 Å². The molecule has 0 aliphatic heterocycles. The highest BCUT2D eigenvalue weighted by Crippen LogP contribution is 2.29. The van der Waals surface area contributed by atoms with E-state index >= 15 is 0 Å². The van der Waals surface area contributed by atoms with E-state index in [9.17, 15) is 9.90 Å². The lowest BCUT2D eigenvalue weighted by atomic mass is 10.1. The number of hydrogen-bond donors (Lipinski definition) is 1. The Labute approximate surface area is 164 Å². The molecule has 0 saturated heterocycles. The molecule has 1 aromatic heterocycles. The quantitative estimate of drug-likeness (QED) is 0.621. The molecule has 3 rings (SSSR count). The highest BCUT2D eigenvalue weighted by molar-refractivity contribution is 5.92. The van der Waals surface area contributed by atoms with Crippen LogP contribution in [0, 0.1) is 0 Å². The second-order valence-corrected chi connectivity index (χ2v) is 6.88. The van der Waals surface area contributed by atoms with E-state index in [4.69, 9.17) is 14.5 Å². The van der Waals surface area contributed by atoms with Crippen LogP contribution >= 0.6 is 0 Å². The van der Waals surface area contributed by atoms with Gasteiger partial charge in [0.1, 0.15) is 5.82 Å². The van der Waals surface area contributed by atoms with E-state index in [1.807, 2.05) is 24.3 Å². The van der Waals surface area contributed by atoms with E-state index in [1.54, 1.807) is 26.4 Å². The third-order valence-corrected chi connectivity index (χ3v) is 5.15. The summed E-state index contributed by atoms with van der Waals surface area (Å²) in [7, 11) is 3.25. The van der Waals surface area contributed by atoms with Gasteiger partial charge in [0, 0.05) is 12.5 Å². The van der Waals surface area contributed by atoms with Crippen LogP contribution in [0.15, 0.2) is 36.4 Å². The summed E-state index contributed by atoms with van der Waals surface area (Å²) in [5.74, 6) is 1.75. The zero-order valence-electron chi connectivity index (χ0n) is 16.7. The number of carboxylic acids is 1. The van der Waals surface area contributed by atoms with Gasteiger partial charge in [-0.3, -0.25) is 0 Å². The van der Waals surface area contributed by atoms with Crippen LogP contribution in [-0.2, 0) is 13.0 Å². The monoisotopic (exact) mass is 382 g/mol. The number of imidazole rings is 1. The van der Waals surface area contributed by atoms with Gasteiger partial charge in [-0.05, 0) is 48.7 Å². The first-order valence-electron chi connectivity index (χ1n) is 9.42. The molecule has 0 saturated carbocycles. The van der Waals surface area contributed by atoms with Crippen LogP contribution in [0.1, 0.15) is 47.9 Å². The SMILES string of the molecule is CCC(C)c1nc2cc(C(=O)O)ccc2n1CCc1ccc(OC)c(OC)c1. The molecular formula is C22H26N2O4. The van der Waals surface area contributed by atoms with Crippen molar-refractivity contribution in [3.05, 3.63) is 53.3 Å². The molecule has 0 bridgehead atoms. The number of aryl methyl sites for hydroxylation is 2. The molecule has 28 heavy (non-hydrogen) atoms. The predicted molar refractivity (Wildman–Crippen MR) is 109 cm³/mol. The summed E-state index contributed by atoms with van der Waals surface area (Å²) in [5, 5.41) is 9.26. The largest absolute Gasteiger partial charge is 0.493 e. The lowest BCUT2D eigenvalue weighted by Crippen LogP contribution is -2.09. The van der Waals surface area contributed by atoms with Crippen molar-refractivity contribution in [2.75, 3.05) is 14.2 Å². The van der Waals surface area contributed by atoms with Gasteiger partial charge < -0.3 is 19.1 Å². The molecule has 0 aliphatic rings. The number of benzene rings is 2. The van der Waals surface area contributed by atoms with Gasteiger partial charge in [0.05, 0.1) is 30.8 Å². The molecule has 0 fully saturated rings. The second-order valence-electron chi connectivity index (χ2n) is 6.88. The molecule has 0 radical (unpaired) electrons. The number of hydrogen-bond acceptors (Lipinski definition) is 4. The number of carboxylic acid groups (broad SMARTS) is 1. The van der Waals surface area contributed by atoms with Gasteiger partial charge in [-0.25, -0.2) is 9.78 Å². The fourth-order valence-electron chi connectivity index (χ4n) is 3.35. The first kappa shape index (κ1) is 19.7. The number of aromatic nitrogens is 2. The third kappa shape index (κ3) is 3.81. The molecule has 1 atom stereocenters. The van der Waals surface area contributed by atoms with E-state index in [2.05, 4.69) is 18.4 Å². The van der Waals surface area contributed by atoms with E-state index in [-0.39, 0.29) is 11.5 Å². The maximum Gasteiger partial charge on any atom is 0.335 e. The highest BCUT2D eigenvalue weighted by atomic mass is 16.5. The maximum atomic E-state index is 11.3. The zero-order valence-corrected chi connectivity index (χ0v) is 16.7. The molecule has 1 heterocycles. The molecule has 0 spiro atoms. The average molecular weight is 382 g/mol. The Balaban J connectivity index is 1.96. The number of aromatic carboxylic acids is 1. The third-order valence-electron chi connectivity index (χ3n) is 5.15. The minimum Gasteiger partial charge on any atom is -0.493 e. The van der Waals surface area contributed by atoms with Crippen LogP contribution < -0.4 is 9.47 Å². The summed E-state index contributed by atoms with van der Waals surface area (Å²) in [6, 6.07) is 11.1. The van der Waals surface area contributed by atoms with Gasteiger partial charge in [0.25, 0.3) is 0 Å². The van der Waals surface area contributed by atoms with Crippen molar-refractivity contribution in [1.82, 2.24) is 9.55 Å². The molecule has 1 N–H and O–H groups in total. The van der Waals surface area contributed by atoms with Crippen molar-refractivity contribution in [1.29, 1.82) is 0 Å². The van der Waals surface area contributed by atoms with Crippen LogP contribution in [0.5, 0.6) is 11.5 Å². The Bertz CT molecular complexity index is 994. The van der Waals surface area contributed by atoms with Crippen molar-refractivity contribution in [3.8, 4) is 11.5 Å². The van der Waals surface area contributed by atoms with Crippen molar-refractivity contribution in [3.63, 3.8) is 0 Å². The second kappa shape index (κ2) is 8.33. The highest BCUT2D eigenvalue weighted by Gasteiger charge is 2.17. The Kier molecular flexibility index (Phi) is 5.87. The van der Waals surface area contributed by atoms with E-state index in [0.29, 0.717) is 11.5 Å². The molecule has 3 aromatic rings. The molecule has 1 unspecified atom stereocenters. The molecule has 0 amide bonds. The Hall–Kier alpha value is -3.02. The standard InChI is InChI=1S/C22H26N2O4/c1-5-14(2)21-23-17-13-16(22(25)26)7-8-18(17)24(21)11-10-15-6-9-19(27-3)20(12-15)28-4/h6-9,12-14H,5,10-11H2,1-4H3,(H,25,26). The predicted octanol–water partition coefficient (Wildman–Crippen LogP) is 4.51. The summed E-state index contributed by atoms with van der Waals surface area (Å²) < 4.78 is 12.9. The van der Waals surface area contributed by atoms with Crippen molar-refractivity contribution < 1.29 is 19.4 Å². The Morgan fingerprint density at radius 2 is 1.89 bits per heavy atom. The van der Waals surface area contributed by atoms with Gasteiger partial charge in [-0.1, -0.05) is 19.9 Å². The van der Waals surface area contributed by atoms with Crippen molar-refractivity contribution in [2.24, 2.45) is 0 Å². The van der Waals surface area contributed by atoms with Gasteiger partial charge in [0.2, 0.25) is 0 Å². The smallest absolute Gasteiger partial charge is 0.335 e. The lowest BCUT2D eigenvalue weighted by Gasteiger charge is -2.14. The summed E-state index contributed by atoms with van der Waals surface area (Å²) in [6.45, 7) is 5.02. The minimum absolute atomic E-state index is 0.257. The molecule has 6 nitrogen and oxygen atoms in total. The topological polar surface area (TPSA) is 73.6 Å². The van der Waals surface area contributed by atoms with Crippen LogP contribution in [0.4, 0.5) is 0 Å². The average Bonchev–Trinajstić information content (AvgIpc) is 3.08. The zero-order chi connectivity index (χ0) is 20.3. The van der Waals surface area contributed by atoms with E-state index in [1.165, 1.54) is 0 Å². The fourth-order valence-corrected chi connectivity index (χ4v) is 3.35. The number of fused-ring (bicyclic) bond motifs is 1. The molecular weight excluding hydrogens is 356 g/mol. The van der Waals surface area contributed by atoms with Crippen LogP contribution in [-0.4, -0.2) is 34.8 Å². The van der Waals surface area contributed by atoms with Gasteiger partial charge in [0.15, 0.2) is 11.5 Å². The summed E-state index contributed by atoms with van der Waals surface area (Å²) in [5.41, 5.74) is 3.08. The first-order valence-corrected chi connectivity index (χ1v) is 9.42. The molecule has 0 aliphatic carbocycles. The summed E-state index contributed by atoms with van der Waals surface area (Å²) in [4.78, 5) is 16.0. The van der Waals surface area contributed by atoms with E-state index in [0.717, 1.165) is 41.8 Å². The van der Waals surface area contributed by atoms with Crippen molar-refractivity contribution in [2.45, 2.75) is 39.2 Å². The molecule has 2 aromatic carbocycles. The molecule has 6 heteroatoms. The number of methoxy groups -OCH3 is 2.